The van der Waals surface area contributed by atoms with E-state index in [1.807, 2.05) is 0 Å². The Kier molecular flexibility index (Phi) is 6.17. The Hall–Kier alpha value is -0.980. The first kappa shape index (κ1) is 18.4. The molecule has 2 rings (SSSR count). The van der Waals surface area contributed by atoms with Crippen molar-refractivity contribution >= 4 is 44.8 Å². The zero-order valence-corrected chi connectivity index (χ0v) is 15.2. The van der Waals surface area contributed by atoms with Crippen LogP contribution in [0.5, 0.6) is 0 Å². The Morgan fingerprint density at radius 3 is 2.52 bits per heavy atom. The van der Waals surface area contributed by atoms with Crippen LogP contribution in [0.3, 0.4) is 0 Å². The summed E-state index contributed by atoms with van der Waals surface area (Å²) in [5.74, 6) is -0.143. The topological polar surface area (TPSA) is 66.5 Å². The van der Waals surface area contributed by atoms with Crippen LogP contribution in [0.15, 0.2) is 18.2 Å². The van der Waals surface area contributed by atoms with Gasteiger partial charge in [-0.3, -0.25) is 9.10 Å². The number of amides is 1. The highest BCUT2D eigenvalue weighted by Gasteiger charge is 2.22. The van der Waals surface area contributed by atoms with Gasteiger partial charge in [-0.25, -0.2) is 8.42 Å². The number of hydrogen-bond acceptors (Lipinski definition) is 3. The molecule has 0 aromatic heterocycles. The van der Waals surface area contributed by atoms with Crippen LogP contribution < -0.4 is 9.62 Å². The van der Waals surface area contributed by atoms with E-state index in [-0.39, 0.29) is 29.9 Å². The average Bonchev–Trinajstić information content (AvgIpc) is 2.92. The molecule has 1 aliphatic rings. The van der Waals surface area contributed by atoms with Crippen LogP contribution in [0.1, 0.15) is 32.1 Å². The van der Waals surface area contributed by atoms with E-state index >= 15 is 0 Å². The molecular formula is C15H20Cl2N2O3S. The summed E-state index contributed by atoms with van der Waals surface area (Å²) < 4.78 is 25.2. The molecule has 1 saturated carbocycles. The van der Waals surface area contributed by atoms with Gasteiger partial charge in [-0.1, -0.05) is 36.0 Å². The van der Waals surface area contributed by atoms with Gasteiger partial charge in [0.1, 0.15) is 0 Å². The van der Waals surface area contributed by atoms with E-state index in [2.05, 4.69) is 5.32 Å². The molecule has 1 amide bonds. The molecule has 8 heteroatoms. The average molecular weight is 379 g/mol. The van der Waals surface area contributed by atoms with Gasteiger partial charge in [-0.15, -0.1) is 0 Å². The minimum absolute atomic E-state index is 0.0404. The number of carbonyl (C=O) groups excluding carboxylic acids is 1. The normalized spacial score (nSPS) is 15.6. The molecule has 5 nitrogen and oxygen atoms in total. The fourth-order valence-electron chi connectivity index (χ4n) is 2.72. The number of rotatable bonds is 6. The van der Waals surface area contributed by atoms with Crippen LogP contribution in [0.4, 0.5) is 5.69 Å². The maximum atomic E-state index is 12.0. The maximum absolute atomic E-state index is 12.0. The summed E-state index contributed by atoms with van der Waals surface area (Å²) in [7, 11) is -3.55. The molecule has 0 heterocycles. The first-order valence-electron chi connectivity index (χ1n) is 7.49. The van der Waals surface area contributed by atoms with Gasteiger partial charge in [0.25, 0.3) is 0 Å². The summed E-state index contributed by atoms with van der Waals surface area (Å²) in [6.45, 7) is 0.0404. The Bertz CT molecular complexity index is 673. The highest BCUT2D eigenvalue weighted by Crippen LogP contribution is 2.30. The van der Waals surface area contributed by atoms with Crippen molar-refractivity contribution in [2.75, 3.05) is 17.1 Å². The van der Waals surface area contributed by atoms with E-state index in [0.717, 1.165) is 36.2 Å². The number of sulfonamides is 1. The molecule has 0 bridgehead atoms. The maximum Gasteiger partial charge on any atom is 0.232 e. The van der Waals surface area contributed by atoms with Gasteiger partial charge in [0.2, 0.25) is 15.9 Å². The first-order chi connectivity index (χ1) is 10.8. The first-order valence-corrected chi connectivity index (χ1v) is 10.1. The summed E-state index contributed by atoms with van der Waals surface area (Å²) in [5, 5.41) is 3.60. The smallest absolute Gasteiger partial charge is 0.232 e. The Morgan fingerprint density at radius 1 is 1.30 bits per heavy atom. The van der Waals surface area contributed by atoms with Crippen molar-refractivity contribution in [2.24, 2.45) is 0 Å². The quantitative estimate of drug-likeness (QED) is 0.826. The number of benzene rings is 1. The molecule has 1 N–H and O–H groups in total. The Labute approximate surface area is 147 Å². The molecule has 1 fully saturated rings. The lowest BCUT2D eigenvalue weighted by atomic mass is 10.2. The van der Waals surface area contributed by atoms with Crippen LogP contribution in [0.2, 0.25) is 10.0 Å². The molecule has 128 valence electrons. The summed E-state index contributed by atoms with van der Waals surface area (Å²) in [6, 6.07) is 4.81. The van der Waals surface area contributed by atoms with Gasteiger partial charge in [0.15, 0.2) is 0 Å². The van der Waals surface area contributed by atoms with Crippen LogP contribution in [-0.2, 0) is 14.8 Å². The van der Waals surface area contributed by atoms with E-state index in [9.17, 15) is 13.2 Å². The minimum Gasteiger partial charge on any atom is -0.353 e. The van der Waals surface area contributed by atoms with Crippen molar-refractivity contribution < 1.29 is 13.2 Å². The highest BCUT2D eigenvalue weighted by molar-refractivity contribution is 7.92. The van der Waals surface area contributed by atoms with Gasteiger partial charge in [0.05, 0.1) is 17.0 Å². The van der Waals surface area contributed by atoms with Crippen LogP contribution in [-0.4, -0.2) is 33.2 Å². The van der Waals surface area contributed by atoms with E-state index in [4.69, 9.17) is 23.2 Å². The monoisotopic (exact) mass is 378 g/mol. The second-order valence-corrected chi connectivity index (χ2v) is 8.48. The van der Waals surface area contributed by atoms with Crippen LogP contribution in [0.25, 0.3) is 0 Å². The third-order valence-corrected chi connectivity index (χ3v) is 5.56. The van der Waals surface area contributed by atoms with Gasteiger partial charge < -0.3 is 5.32 Å². The highest BCUT2D eigenvalue weighted by atomic mass is 35.5. The SMILES string of the molecule is CS(=O)(=O)N(CCC(=O)NC1CCCC1)c1ccc(Cl)cc1Cl. The van der Waals surface area contributed by atoms with Gasteiger partial charge >= 0.3 is 0 Å². The van der Waals surface area contributed by atoms with Crippen molar-refractivity contribution in [2.45, 2.75) is 38.1 Å². The lowest BCUT2D eigenvalue weighted by Crippen LogP contribution is -2.37. The third-order valence-electron chi connectivity index (χ3n) is 3.84. The standard InChI is InChI=1S/C15H20Cl2N2O3S/c1-23(21,22)19(14-7-6-11(16)10-13(14)17)9-8-15(20)18-12-4-2-3-5-12/h6-7,10,12H,2-5,8-9H2,1H3,(H,18,20). The Morgan fingerprint density at radius 2 is 1.96 bits per heavy atom. The molecule has 0 unspecified atom stereocenters. The zero-order chi connectivity index (χ0) is 17.0. The summed E-state index contributed by atoms with van der Waals surface area (Å²) in [6.07, 6.45) is 5.41. The summed E-state index contributed by atoms with van der Waals surface area (Å²) in [5.41, 5.74) is 0.326. The third kappa shape index (κ3) is 5.26. The van der Waals surface area contributed by atoms with Crippen LogP contribution in [0, 0.1) is 0 Å². The van der Waals surface area contributed by atoms with Crippen molar-refractivity contribution in [3.8, 4) is 0 Å². The zero-order valence-electron chi connectivity index (χ0n) is 12.9. The fraction of sp³-hybridized carbons (Fsp3) is 0.533. The Balaban J connectivity index is 2.06. The predicted octanol–water partition coefficient (Wildman–Crippen LogP) is 3.21. The second-order valence-electron chi connectivity index (χ2n) is 5.73. The van der Waals surface area contributed by atoms with Crippen molar-refractivity contribution in [1.82, 2.24) is 5.32 Å². The molecule has 1 aromatic rings. The molecule has 1 aromatic carbocycles. The number of anilines is 1. The fourth-order valence-corrected chi connectivity index (χ4v) is 4.22. The summed E-state index contributed by atoms with van der Waals surface area (Å²) >= 11 is 11.9. The van der Waals surface area contributed by atoms with Crippen molar-refractivity contribution in [3.05, 3.63) is 28.2 Å². The molecule has 0 aliphatic heterocycles. The van der Waals surface area contributed by atoms with Crippen molar-refractivity contribution in [3.63, 3.8) is 0 Å². The van der Waals surface area contributed by atoms with E-state index in [1.165, 1.54) is 6.07 Å². The largest absolute Gasteiger partial charge is 0.353 e. The molecule has 0 spiro atoms. The van der Waals surface area contributed by atoms with Crippen LogP contribution >= 0.6 is 23.2 Å². The molecular weight excluding hydrogens is 359 g/mol. The number of nitrogens with zero attached hydrogens (tertiary/aromatic N) is 1. The van der Waals surface area contributed by atoms with E-state index in [1.54, 1.807) is 12.1 Å². The lowest BCUT2D eigenvalue weighted by molar-refractivity contribution is -0.121. The van der Waals surface area contributed by atoms with Crippen molar-refractivity contribution in [1.29, 1.82) is 0 Å². The van der Waals surface area contributed by atoms with E-state index in [0.29, 0.717) is 10.7 Å². The van der Waals surface area contributed by atoms with Gasteiger partial charge in [0, 0.05) is 24.0 Å². The lowest BCUT2D eigenvalue weighted by Gasteiger charge is -2.23. The molecule has 1 aliphatic carbocycles. The number of hydrogen-bond donors (Lipinski definition) is 1. The van der Waals surface area contributed by atoms with E-state index < -0.39 is 10.0 Å². The molecule has 0 atom stereocenters. The summed E-state index contributed by atoms with van der Waals surface area (Å²) in [4.78, 5) is 12.0. The predicted molar refractivity (Wildman–Crippen MR) is 93.7 cm³/mol. The van der Waals surface area contributed by atoms with Gasteiger partial charge in [-0.2, -0.15) is 0 Å². The second kappa shape index (κ2) is 7.73. The molecule has 0 saturated heterocycles. The van der Waals surface area contributed by atoms with Gasteiger partial charge in [-0.05, 0) is 31.0 Å². The number of nitrogens with one attached hydrogen (secondary N) is 1. The molecule has 23 heavy (non-hydrogen) atoms. The molecule has 0 radical (unpaired) electrons. The number of carbonyl (C=O) groups is 1. The minimum atomic E-state index is -3.55. The number of halogens is 2.